The summed E-state index contributed by atoms with van der Waals surface area (Å²) in [6.07, 6.45) is 0. The van der Waals surface area contributed by atoms with Crippen molar-refractivity contribution in [3.63, 3.8) is 0 Å². The van der Waals surface area contributed by atoms with Crippen LogP contribution in [-0.4, -0.2) is 38.9 Å². The Morgan fingerprint density at radius 3 is 2.61 bits per heavy atom. The minimum absolute atomic E-state index is 0.130. The van der Waals surface area contributed by atoms with Gasteiger partial charge in [0.05, 0.1) is 18.5 Å². The van der Waals surface area contributed by atoms with E-state index in [4.69, 9.17) is 0 Å². The second-order valence-corrected chi connectivity index (χ2v) is 7.40. The van der Waals surface area contributed by atoms with Crippen molar-refractivity contribution >= 4 is 44.3 Å². The molecule has 1 aromatic carbocycles. The van der Waals surface area contributed by atoms with Gasteiger partial charge in [0.2, 0.25) is 0 Å². The molecule has 9 nitrogen and oxygen atoms in total. The molecule has 0 saturated carbocycles. The van der Waals surface area contributed by atoms with E-state index >= 15 is 0 Å². The zero-order chi connectivity index (χ0) is 20.4. The van der Waals surface area contributed by atoms with Crippen molar-refractivity contribution in [1.29, 1.82) is 0 Å². The first kappa shape index (κ1) is 19.7. The molecule has 0 bridgehead atoms. The quantitative estimate of drug-likeness (QED) is 0.568. The SMILES string of the molecule is COC(=O)c1sc(NC(=O)c2nn(-c3ccc(Br)cc3)c(=O)cc2O)nc1C. The molecule has 144 valence electrons. The van der Waals surface area contributed by atoms with Gasteiger partial charge in [0, 0.05) is 10.5 Å². The Morgan fingerprint density at radius 1 is 1.29 bits per heavy atom. The summed E-state index contributed by atoms with van der Waals surface area (Å²) in [6, 6.07) is 7.58. The van der Waals surface area contributed by atoms with Crippen molar-refractivity contribution in [1.82, 2.24) is 14.8 Å². The fourth-order valence-corrected chi connectivity index (χ4v) is 3.41. The fraction of sp³-hybridized carbons (Fsp3) is 0.118. The molecule has 0 aliphatic carbocycles. The van der Waals surface area contributed by atoms with Gasteiger partial charge in [-0.3, -0.25) is 14.9 Å². The van der Waals surface area contributed by atoms with E-state index in [2.05, 4.69) is 36.1 Å². The van der Waals surface area contributed by atoms with Gasteiger partial charge in [0.1, 0.15) is 4.88 Å². The number of halogens is 1. The summed E-state index contributed by atoms with van der Waals surface area (Å²) in [7, 11) is 1.24. The van der Waals surface area contributed by atoms with Crippen LogP contribution in [0, 0.1) is 6.92 Å². The molecule has 0 saturated heterocycles. The van der Waals surface area contributed by atoms with Gasteiger partial charge < -0.3 is 9.84 Å². The van der Waals surface area contributed by atoms with Crippen LogP contribution in [0.2, 0.25) is 0 Å². The molecule has 0 unspecified atom stereocenters. The summed E-state index contributed by atoms with van der Waals surface area (Å²) in [5.41, 5.74) is -0.158. The second-order valence-electron chi connectivity index (χ2n) is 5.48. The number of nitrogens with one attached hydrogen (secondary N) is 1. The van der Waals surface area contributed by atoms with Crippen LogP contribution in [-0.2, 0) is 4.74 Å². The summed E-state index contributed by atoms with van der Waals surface area (Å²) in [5, 5.41) is 16.6. The Labute approximate surface area is 170 Å². The number of amides is 1. The van der Waals surface area contributed by atoms with Gasteiger partial charge in [-0.15, -0.1) is 0 Å². The third kappa shape index (κ3) is 3.94. The highest BCUT2D eigenvalue weighted by atomic mass is 79.9. The lowest BCUT2D eigenvalue weighted by Gasteiger charge is -2.08. The highest BCUT2D eigenvalue weighted by Crippen LogP contribution is 2.24. The predicted molar refractivity (Wildman–Crippen MR) is 105 cm³/mol. The van der Waals surface area contributed by atoms with E-state index in [-0.39, 0.29) is 15.7 Å². The van der Waals surface area contributed by atoms with Crippen LogP contribution in [0.25, 0.3) is 5.69 Å². The first-order valence-corrected chi connectivity index (χ1v) is 9.37. The van der Waals surface area contributed by atoms with Gasteiger partial charge in [-0.25, -0.2) is 9.78 Å². The molecule has 0 aliphatic rings. The van der Waals surface area contributed by atoms with Gasteiger partial charge in [0.25, 0.3) is 11.5 Å². The van der Waals surface area contributed by atoms with Crippen molar-refractivity contribution in [2.24, 2.45) is 0 Å². The summed E-state index contributed by atoms with van der Waals surface area (Å²) < 4.78 is 6.45. The summed E-state index contributed by atoms with van der Waals surface area (Å²) in [4.78, 5) is 40.7. The number of rotatable bonds is 4. The number of benzene rings is 1. The predicted octanol–water partition coefficient (Wildman–Crippen LogP) is 2.50. The summed E-state index contributed by atoms with van der Waals surface area (Å²) in [6.45, 7) is 1.60. The van der Waals surface area contributed by atoms with Crippen molar-refractivity contribution in [3.8, 4) is 11.4 Å². The van der Waals surface area contributed by atoms with Crippen LogP contribution in [0.5, 0.6) is 5.75 Å². The average molecular weight is 465 g/mol. The maximum absolute atomic E-state index is 12.5. The molecule has 0 radical (unpaired) electrons. The molecule has 2 heterocycles. The molecule has 0 aliphatic heterocycles. The number of aromatic nitrogens is 3. The Kier molecular flexibility index (Phi) is 5.56. The summed E-state index contributed by atoms with van der Waals surface area (Å²) >= 11 is 4.22. The monoisotopic (exact) mass is 464 g/mol. The number of hydrogen-bond donors (Lipinski definition) is 2. The largest absolute Gasteiger partial charge is 0.505 e. The summed E-state index contributed by atoms with van der Waals surface area (Å²) in [5.74, 6) is -1.92. The minimum Gasteiger partial charge on any atom is -0.505 e. The molecular formula is C17H13BrN4O5S. The zero-order valence-electron chi connectivity index (χ0n) is 14.6. The number of thiazole rings is 1. The highest BCUT2D eigenvalue weighted by Gasteiger charge is 2.21. The lowest BCUT2D eigenvalue weighted by molar-refractivity contribution is 0.0605. The van der Waals surface area contributed by atoms with Crippen molar-refractivity contribution in [2.45, 2.75) is 6.92 Å². The molecule has 3 rings (SSSR count). The average Bonchev–Trinajstić information content (AvgIpc) is 3.02. The number of aromatic hydroxyl groups is 1. The van der Waals surface area contributed by atoms with Gasteiger partial charge >= 0.3 is 5.97 Å². The lowest BCUT2D eigenvalue weighted by atomic mass is 10.3. The van der Waals surface area contributed by atoms with Crippen LogP contribution >= 0.6 is 27.3 Å². The molecule has 2 N–H and O–H groups in total. The molecule has 28 heavy (non-hydrogen) atoms. The smallest absolute Gasteiger partial charge is 0.350 e. The van der Waals surface area contributed by atoms with Crippen LogP contribution in [0.1, 0.15) is 25.9 Å². The van der Waals surface area contributed by atoms with Gasteiger partial charge in [-0.05, 0) is 31.2 Å². The van der Waals surface area contributed by atoms with E-state index in [9.17, 15) is 19.5 Å². The maximum Gasteiger partial charge on any atom is 0.350 e. The number of carbonyl (C=O) groups excluding carboxylic acids is 2. The van der Waals surface area contributed by atoms with E-state index in [0.717, 1.165) is 26.6 Å². The fourth-order valence-electron chi connectivity index (χ4n) is 2.26. The molecule has 3 aromatic rings. The van der Waals surface area contributed by atoms with E-state index in [1.165, 1.54) is 7.11 Å². The lowest BCUT2D eigenvalue weighted by Crippen LogP contribution is -2.25. The number of methoxy groups -OCH3 is 1. The number of ether oxygens (including phenoxy) is 1. The second kappa shape index (κ2) is 7.90. The Balaban J connectivity index is 1.94. The third-order valence-electron chi connectivity index (χ3n) is 3.59. The molecule has 1 amide bonds. The first-order chi connectivity index (χ1) is 13.3. The third-order valence-corrected chi connectivity index (χ3v) is 5.17. The first-order valence-electron chi connectivity index (χ1n) is 7.76. The molecule has 0 spiro atoms. The van der Waals surface area contributed by atoms with E-state index in [1.54, 1.807) is 31.2 Å². The van der Waals surface area contributed by atoms with Gasteiger partial charge in [-0.1, -0.05) is 27.3 Å². The minimum atomic E-state index is -0.784. The Hall–Kier alpha value is -3.05. The number of aryl methyl sites for hydroxylation is 1. The molecular weight excluding hydrogens is 452 g/mol. The molecule has 0 fully saturated rings. The van der Waals surface area contributed by atoms with Crippen molar-refractivity contribution in [3.05, 3.63) is 61.4 Å². The number of hydrogen-bond acceptors (Lipinski definition) is 8. The van der Waals surface area contributed by atoms with Crippen LogP contribution in [0.15, 0.2) is 39.6 Å². The number of anilines is 1. The van der Waals surface area contributed by atoms with Gasteiger partial charge in [-0.2, -0.15) is 9.78 Å². The van der Waals surface area contributed by atoms with Crippen LogP contribution < -0.4 is 10.9 Å². The molecule has 11 heteroatoms. The highest BCUT2D eigenvalue weighted by molar-refractivity contribution is 9.10. The van der Waals surface area contributed by atoms with E-state index in [1.807, 2.05) is 0 Å². The Bertz CT molecular complexity index is 1120. The number of carbonyl (C=O) groups is 2. The zero-order valence-corrected chi connectivity index (χ0v) is 17.0. The van der Waals surface area contributed by atoms with Crippen LogP contribution in [0.4, 0.5) is 5.13 Å². The van der Waals surface area contributed by atoms with Crippen molar-refractivity contribution in [2.75, 3.05) is 12.4 Å². The Morgan fingerprint density at radius 2 is 1.96 bits per heavy atom. The number of esters is 1. The molecule has 0 atom stereocenters. The topological polar surface area (TPSA) is 123 Å². The van der Waals surface area contributed by atoms with E-state index < -0.39 is 23.2 Å². The maximum atomic E-state index is 12.5. The van der Waals surface area contributed by atoms with Gasteiger partial charge in [0.15, 0.2) is 16.6 Å². The van der Waals surface area contributed by atoms with E-state index in [0.29, 0.717) is 11.4 Å². The van der Waals surface area contributed by atoms with Crippen LogP contribution in [0.3, 0.4) is 0 Å². The molecule has 2 aromatic heterocycles. The normalized spacial score (nSPS) is 10.5. The standard InChI is InChI=1S/C17H13BrN4O5S/c1-8-14(16(26)27-2)28-17(19-8)20-15(25)13-11(23)7-12(24)22(21-13)10-5-3-9(18)4-6-10/h3-7,23H,1-2H3,(H,19,20,25). The number of nitrogens with zero attached hydrogens (tertiary/aromatic N) is 3. The van der Waals surface area contributed by atoms with Crippen molar-refractivity contribution < 1.29 is 19.4 Å².